The standard InChI is InChI=1S/C17H18O4/c1-3-12-13(9-16(20)21-2)17(15(19)10-14(12)18)11-7-5-4-6-8-11/h4-8,10,18-19H,3,9H2,1-2H3. The lowest BCUT2D eigenvalue weighted by Gasteiger charge is -2.17. The van der Waals surface area contributed by atoms with Crippen LogP contribution in [0, 0.1) is 0 Å². The Balaban J connectivity index is 2.70. The van der Waals surface area contributed by atoms with E-state index in [2.05, 4.69) is 0 Å². The summed E-state index contributed by atoms with van der Waals surface area (Å²) >= 11 is 0. The third-order valence-electron chi connectivity index (χ3n) is 3.47. The zero-order valence-electron chi connectivity index (χ0n) is 12.1. The molecule has 21 heavy (non-hydrogen) atoms. The molecule has 0 fully saturated rings. The molecule has 0 saturated heterocycles. The fourth-order valence-corrected chi connectivity index (χ4v) is 2.48. The summed E-state index contributed by atoms with van der Waals surface area (Å²) in [5.74, 6) is -0.463. The highest BCUT2D eigenvalue weighted by Gasteiger charge is 2.20. The number of rotatable bonds is 4. The van der Waals surface area contributed by atoms with E-state index in [1.54, 1.807) is 0 Å². The van der Waals surface area contributed by atoms with E-state index < -0.39 is 5.97 Å². The molecule has 4 nitrogen and oxygen atoms in total. The third kappa shape index (κ3) is 2.99. The van der Waals surface area contributed by atoms with Crippen LogP contribution in [-0.2, 0) is 22.4 Å². The number of carbonyl (C=O) groups is 1. The zero-order valence-corrected chi connectivity index (χ0v) is 12.1. The highest BCUT2D eigenvalue weighted by atomic mass is 16.5. The van der Waals surface area contributed by atoms with Gasteiger partial charge in [0.2, 0.25) is 0 Å². The lowest BCUT2D eigenvalue weighted by molar-refractivity contribution is -0.139. The third-order valence-corrected chi connectivity index (χ3v) is 3.47. The highest BCUT2D eigenvalue weighted by Crippen LogP contribution is 2.40. The lowest BCUT2D eigenvalue weighted by Crippen LogP contribution is -2.08. The Morgan fingerprint density at radius 1 is 1.10 bits per heavy atom. The average molecular weight is 286 g/mol. The quantitative estimate of drug-likeness (QED) is 0.848. The van der Waals surface area contributed by atoms with Crippen molar-refractivity contribution < 1.29 is 19.7 Å². The molecule has 4 heteroatoms. The number of benzene rings is 2. The molecule has 0 heterocycles. The summed E-state index contributed by atoms with van der Waals surface area (Å²) in [7, 11) is 1.32. The largest absolute Gasteiger partial charge is 0.508 e. The van der Waals surface area contributed by atoms with E-state index in [1.807, 2.05) is 37.3 Å². The van der Waals surface area contributed by atoms with Gasteiger partial charge in [-0.1, -0.05) is 37.3 Å². The maximum atomic E-state index is 11.7. The molecule has 0 aliphatic carbocycles. The number of hydrogen-bond acceptors (Lipinski definition) is 4. The van der Waals surface area contributed by atoms with Crippen molar-refractivity contribution in [1.29, 1.82) is 0 Å². The second-order valence-electron chi connectivity index (χ2n) is 4.72. The van der Waals surface area contributed by atoms with Crippen LogP contribution in [0.1, 0.15) is 18.1 Å². The summed E-state index contributed by atoms with van der Waals surface area (Å²) in [4.78, 5) is 11.7. The Morgan fingerprint density at radius 3 is 2.33 bits per heavy atom. The summed E-state index contributed by atoms with van der Waals surface area (Å²) in [6.07, 6.45) is 0.560. The number of methoxy groups -OCH3 is 1. The maximum absolute atomic E-state index is 11.7. The van der Waals surface area contributed by atoms with Crippen LogP contribution >= 0.6 is 0 Å². The Hall–Kier alpha value is -2.49. The predicted octanol–water partition coefficient (Wildman–Crippen LogP) is 3.04. The van der Waals surface area contributed by atoms with Crippen molar-refractivity contribution in [3.8, 4) is 22.6 Å². The molecule has 0 aliphatic rings. The van der Waals surface area contributed by atoms with Crippen molar-refractivity contribution in [3.63, 3.8) is 0 Å². The van der Waals surface area contributed by atoms with Gasteiger partial charge in [0.05, 0.1) is 13.5 Å². The first-order valence-corrected chi connectivity index (χ1v) is 6.77. The molecule has 2 aromatic rings. The van der Waals surface area contributed by atoms with Gasteiger partial charge in [0, 0.05) is 11.6 Å². The van der Waals surface area contributed by atoms with Gasteiger partial charge < -0.3 is 14.9 Å². The Morgan fingerprint density at radius 2 is 1.76 bits per heavy atom. The zero-order chi connectivity index (χ0) is 15.4. The van der Waals surface area contributed by atoms with E-state index in [1.165, 1.54) is 13.2 Å². The lowest BCUT2D eigenvalue weighted by atomic mass is 9.90. The van der Waals surface area contributed by atoms with E-state index in [-0.39, 0.29) is 17.9 Å². The van der Waals surface area contributed by atoms with Gasteiger partial charge in [-0.25, -0.2) is 0 Å². The number of carbonyl (C=O) groups excluding carboxylic acids is 1. The van der Waals surface area contributed by atoms with Crippen molar-refractivity contribution in [3.05, 3.63) is 47.5 Å². The summed E-state index contributed by atoms with van der Waals surface area (Å²) in [6.45, 7) is 1.89. The molecule has 110 valence electrons. The molecule has 0 saturated carbocycles. The first-order chi connectivity index (χ1) is 10.1. The number of hydrogen-bond donors (Lipinski definition) is 2. The molecule has 0 unspecified atom stereocenters. The number of ether oxygens (including phenoxy) is 1. The summed E-state index contributed by atoms with van der Waals surface area (Å²) in [5, 5.41) is 20.2. The van der Waals surface area contributed by atoms with E-state index in [9.17, 15) is 15.0 Å². The molecule has 0 atom stereocenters. The monoisotopic (exact) mass is 286 g/mol. The van der Waals surface area contributed by atoms with Crippen LogP contribution in [-0.4, -0.2) is 23.3 Å². The summed E-state index contributed by atoms with van der Waals surface area (Å²) < 4.78 is 4.72. The fraction of sp³-hybridized carbons (Fsp3) is 0.235. The minimum absolute atomic E-state index is 0.00581. The van der Waals surface area contributed by atoms with Crippen LogP contribution in [0.25, 0.3) is 11.1 Å². The van der Waals surface area contributed by atoms with Crippen molar-refractivity contribution in [1.82, 2.24) is 0 Å². The Kier molecular flexibility index (Phi) is 4.48. The number of aromatic hydroxyl groups is 2. The van der Waals surface area contributed by atoms with Gasteiger partial charge in [-0.15, -0.1) is 0 Å². The average Bonchev–Trinajstić information content (AvgIpc) is 2.48. The first-order valence-electron chi connectivity index (χ1n) is 6.77. The van der Waals surface area contributed by atoms with Crippen molar-refractivity contribution >= 4 is 5.97 Å². The topological polar surface area (TPSA) is 66.8 Å². The van der Waals surface area contributed by atoms with Gasteiger partial charge >= 0.3 is 5.97 Å². The molecule has 0 bridgehead atoms. The van der Waals surface area contributed by atoms with E-state index in [4.69, 9.17) is 4.74 Å². The Labute approximate surface area is 123 Å². The highest BCUT2D eigenvalue weighted by molar-refractivity contribution is 5.83. The summed E-state index contributed by atoms with van der Waals surface area (Å²) in [6, 6.07) is 10.6. The minimum Gasteiger partial charge on any atom is -0.508 e. The molecule has 0 aliphatic heterocycles. The number of esters is 1. The van der Waals surface area contributed by atoms with Crippen molar-refractivity contribution in [2.24, 2.45) is 0 Å². The minimum atomic E-state index is -0.410. The van der Waals surface area contributed by atoms with Gasteiger partial charge in [0.1, 0.15) is 11.5 Å². The smallest absolute Gasteiger partial charge is 0.310 e. The van der Waals surface area contributed by atoms with Crippen LogP contribution in [0.15, 0.2) is 36.4 Å². The predicted molar refractivity (Wildman–Crippen MR) is 80.3 cm³/mol. The normalized spacial score (nSPS) is 10.4. The fourth-order valence-electron chi connectivity index (χ4n) is 2.48. The van der Waals surface area contributed by atoms with E-state index in [0.717, 1.165) is 5.56 Å². The van der Waals surface area contributed by atoms with E-state index in [0.29, 0.717) is 23.1 Å². The van der Waals surface area contributed by atoms with Crippen molar-refractivity contribution in [2.75, 3.05) is 7.11 Å². The Bertz CT molecular complexity index is 648. The SMILES string of the molecule is CCc1c(O)cc(O)c(-c2ccccc2)c1CC(=O)OC. The van der Waals surface area contributed by atoms with Crippen LogP contribution in [0.3, 0.4) is 0 Å². The molecule has 0 amide bonds. The number of phenolic OH excluding ortho intramolecular Hbond substituents is 2. The van der Waals surface area contributed by atoms with Gasteiger partial charge in [0.15, 0.2) is 0 Å². The molecule has 2 rings (SSSR count). The molecule has 2 N–H and O–H groups in total. The van der Waals surface area contributed by atoms with Crippen LogP contribution in [0.5, 0.6) is 11.5 Å². The molecular formula is C17H18O4. The van der Waals surface area contributed by atoms with Gasteiger partial charge in [-0.3, -0.25) is 4.79 Å². The van der Waals surface area contributed by atoms with Crippen LogP contribution in [0.2, 0.25) is 0 Å². The first kappa shape index (κ1) is 14.9. The van der Waals surface area contributed by atoms with E-state index >= 15 is 0 Å². The molecule has 2 aromatic carbocycles. The maximum Gasteiger partial charge on any atom is 0.310 e. The summed E-state index contributed by atoms with van der Waals surface area (Å²) in [5.41, 5.74) is 2.62. The molecular weight excluding hydrogens is 268 g/mol. The van der Waals surface area contributed by atoms with Crippen LogP contribution in [0.4, 0.5) is 0 Å². The van der Waals surface area contributed by atoms with Crippen LogP contribution < -0.4 is 0 Å². The number of phenols is 2. The molecule has 0 spiro atoms. The van der Waals surface area contributed by atoms with Gasteiger partial charge in [0.25, 0.3) is 0 Å². The van der Waals surface area contributed by atoms with Gasteiger partial charge in [-0.2, -0.15) is 0 Å². The van der Waals surface area contributed by atoms with Gasteiger partial charge in [-0.05, 0) is 23.1 Å². The molecule has 0 aromatic heterocycles. The second kappa shape index (κ2) is 6.31. The second-order valence-corrected chi connectivity index (χ2v) is 4.72. The molecule has 0 radical (unpaired) electrons. The van der Waals surface area contributed by atoms with Crippen molar-refractivity contribution in [2.45, 2.75) is 19.8 Å².